The largest absolute Gasteiger partial charge is 0.352 e. The zero-order valence-corrected chi connectivity index (χ0v) is 9.45. The normalized spacial score (nSPS) is 9.88. The minimum Gasteiger partial charge on any atom is -0.352 e. The number of halogens is 1. The summed E-state index contributed by atoms with van der Waals surface area (Å²) < 4.78 is 0. The van der Waals surface area contributed by atoms with Crippen molar-refractivity contribution < 1.29 is 9.72 Å². The second-order valence-corrected chi connectivity index (χ2v) is 3.55. The summed E-state index contributed by atoms with van der Waals surface area (Å²) in [5, 5.41) is 13.4. The van der Waals surface area contributed by atoms with Gasteiger partial charge in [-0.3, -0.25) is 14.9 Å². The third kappa shape index (κ3) is 2.70. The molecule has 1 N–H and O–H groups in total. The highest BCUT2D eigenvalue weighted by atomic mass is 35.5. The van der Waals surface area contributed by atoms with Crippen LogP contribution in [0, 0.1) is 10.1 Å². The highest BCUT2D eigenvalue weighted by Gasteiger charge is 2.22. The van der Waals surface area contributed by atoms with Crippen molar-refractivity contribution in [2.75, 3.05) is 6.54 Å². The minimum atomic E-state index is -0.618. The number of nitrogens with one attached hydrogen (secondary N) is 1. The fraction of sp³-hybridized carbons (Fsp3) is 0.300. The van der Waals surface area contributed by atoms with Gasteiger partial charge in [-0.1, -0.05) is 24.6 Å². The van der Waals surface area contributed by atoms with Crippen LogP contribution < -0.4 is 5.32 Å². The van der Waals surface area contributed by atoms with Crippen molar-refractivity contribution in [1.29, 1.82) is 0 Å². The summed E-state index contributed by atoms with van der Waals surface area (Å²) in [7, 11) is 0. The number of nitrogens with zero attached hydrogens (tertiary/aromatic N) is 1. The fourth-order valence-corrected chi connectivity index (χ4v) is 1.47. The Morgan fingerprint density at radius 2 is 2.25 bits per heavy atom. The number of carbonyl (C=O) groups excluding carboxylic acids is 1. The van der Waals surface area contributed by atoms with E-state index in [1.54, 1.807) is 0 Å². The molecule has 0 atom stereocenters. The first-order chi connectivity index (χ1) is 7.57. The average molecular weight is 243 g/mol. The molecule has 1 aromatic carbocycles. The van der Waals surface area contributed by atoms with Crippen LogP contribution >= 0.6 is 11.6 Å². The standard InChI is InChI=1S/C10H11ClN2O3/c1-2-6-12-10(14)9-7(11)4-3-5-8(9)13(15)16/h3-5H,2,6H2,1H3,(H,12,14). The molecule has 0 aliphatic heterocycles. The van der Waals surface area contributed by atoms with E-state index in [-0.39, 0.29) is 16.3 Å². The van der Waals surface area contributed by atoms with E-state index in [0.717, 1.165) is 6.42 Å². The Balaban J connectivity index is 3.10. The van der Waals surface area contributed by atoms with Crippen LogP contribution in [0.25, 0.3) is 0 Å². The molecule has 0 fully saturated rings. The van der Waals surface area contributed by atoms with E-state index in [9.17, 15) is 14.9 Å². The van der Waals surface area contributed by atoms with Crippen molar-refractivity contribution in [2.45, 2.75) is 13.3 Å². The second-order valence-electron chi connectivity index (χ2n) is 3.15. The topological polar surface area (TPSA) is 72.2 Å². The quantitative estimate of drug-likeness (QED) is 0.651. The van der Waals surface area contributed by atoms with Crippen LogP contribution in [0.4, 0.5) is 5.69 Å². The molecule has 16 heavy (non-hydrogen) atoms. The molecule has 0 unspecified atom stereocenters. The van der Waals surface area contributed by atoms with Gasteiger partial charge in [-0.05, 0) is 12.5 Å². The molecule has 1 aromatic rings. The van der Waals surface area contributed by atoms with Crippen LogP contribution in [-0.2, 0) is 0 Å². The van der Waals surface area contributed by atoms with Crippen LogP contribution in [0.2, 0.25) is 5.02 Å². The van der Waals surface area contributed by atoms with E-state index in [1.807, 2.05) is 6.92 Å². The summed E-state index contributed by atoms with van der Waals surface area (Å²) >= 11 is 5.78. The first-order valence-electron chi connectivity index (χ1n) is 4.79. The van der Waals surface area contributed by atoms with Crippen molar-refractivity contribution in [2.24, 2.45) is 0 Å². The smallest absolute Gasteiger partial charge is 0.283 e. The van der Waals surface area contributed by atoms with Gasteiger partial charge in [0.05, 0.1) is 9.95 Å². The van der Waals surface area contributed by atoms with Gasteiger partial charge < -0.3 is 5.32 Å². The predicted molar refractivity (Wildman–Crippen MR) is 60.7 cm³/mol. The molecule has 0 bridgehead atoms. The third-order valence-corrected chi connectivity index (χ3v) is 2.27. The lowest BCUT2D eigenvalue weighted by atomic mass is 10.1. The molecule has 0 saturated heterocycles. The number of amides is 1. The van der Waals surface area contributed by atoms with E-state index >= 15 is 0 Å². The Hall–Kier alpha value is -1.62. The van der Waals surface area contributed by atoms with Crippen molar-refractivity contribution in [3.63, 3.8) is 0 Å². The number of hydrogen-bond acceptors (Lipinski definition) is 3. The van der Waals surface area contributed by atoms with Gasteiger partial charge in [0, 0.05) is 12.6 Å². The highest BCUT2D eigenvalue weighted by molar-refractivity contribution is 6.34. The SMILES string of the molecule is CCCNC(=O)c1c(Cl)cccc1[N+](=O)[O-]. The van der Waals surface area contributed by atoms with Gasteiger partial charge in [-0.25, -0.2) is 0 Å². The molecule has 0 radical (unpaired) electrons. The van der Waals surface area contributed by atoms with Gasteiger partial charge in [0.15, 0.2) is 0 Å². The maximum absolute atomic E-state index is 11.6. The third-order valence-electron chi connectivity index (χ3n) is 1.95. The van der Waals surface area contributed by atoms with Gasteiger partial charge in [0.2, 0.25) is 0 Å². The molecule has 1 rings (SSSR count). The molecule has 0 heterocycles. The highest BCUT2D eigenvalue weighted by Crippen LogP contribution is 2.25. The molecule has 0 aliphatic rings. The monoisotopic (exact) mass is 242 g/mol. The van der Waals surface area contributed by atoms with Crippen LogP contribution in [0.1, 0.15) is 23.7 Å². The Morgan fingerprint density at radius 1 is 1.56 bits per heavy atom. The Labute approximate surface area is 97.6 Å². The van der Waals surface area contributed by atoms with E-state index in [2.05, 4.69) is 5.32 Å². The summed E-state index contributed by atoms with van der Waals surface area (Å²) in [6, 6.07) is 4.15. The van der Waals surface area contributed by atoms with Crippen molar-refractivity contribution in [3.05, 3.63) is 38.9 Å². The van der Waals surface area contributed by atoms with E-state index < -0.39 is 10.8 Å². The second kappa shape index (κ2) is 5.46. The maximum Gasteiger partial charge on any atom is 0.283 e. The summed E-state index contributed by atoms with van der Waals surface area (Å²) in [5.41, 5.74) is -0.358. The molecule has 0 aliphatic carbocycles. The minimum absolute atomic E-state index is 0.0809. The molecule has 0 aromatic heterocycles. The van der Waals surface area contributed by atoms with E-state index in [1.165, 1.54) is 18.2 Å². The zero-order chi connectivity index (χ0) is 12.1. The van der Waals surface area contributed by atoms with Crippen LogP contribution in [-0.4, -0.2) is 17.4 Å². The molecule has 5 nitrogen and oxygen atoms in total. The Morgan fingerprint density at radius 3 is 2.81 bits per heavy atom. The zero-order valence-electron chi connectivity index (χ0n) is 8.70. The van der Waals surface area contributed by atoms with Crippen molar-refractivity contribution >= 4 is 23.2 Å². The van der Waals surface area contributed by atoms with Gasteiger partial charge in [0.25, 0.3) is 11.6 Å². The molecular weight excluding hydrogens is 232 g/mol. The van der Waals surface area contributed by atoms with E-state index in [0.29, 0.717) is 6.54 Å². The molecular formula is C10H11ClN2O3. The number of benzene rings is 1. The lowest BCUT2D eigenvalue weighted by Gasteiger charge is -2.05. The fourth-order valence-electron chi connectivity index (χ4n) is 1.22. The van der Waals surface area contributed by atoms with Crippen LogP contribution in [0.3, 0.4) is 0 Å². The molecule has 1 amide bonds. The molecule has 0 saturated carbocycles. The first-order valence-corrected chi connectivity index (χ1v) is 5.16. The Kier molecular flexibility index (Phi) is 4.25. The molecule has 0 spiro atoms. The molecule has 6 heteroatoms. The van der Waals surface area contributed by atoms with Gasteiger partial charge in [-0.2, -0.15) is 0 Å². The predicted octanol–water partition coefficient (Wildman–Crippen LogP) is 2.39. The summed E-state index contributed by atoms with van der Waals surface area (Å²) in [5.74, 6) is -0.515. The molecule has 86 valence electrons. The van der Waals surface area contributed by atoms with E-state index in [4.69, 9.17) is 11.6 Å². The van der Waals surface area contributed by atoms with Gasteiger partial charge in [-0.15, -0.1) is 0 Å². The first kappa shape index (κ1) is 12.4. The van der Waals surface area contributed by atoms with Gasteiger partial charge >= 0.3 is 0 Å². The maximum atomic E-state index is 11.6. The number of carbonyl (C=O) groups is 1. The van der Waals surface area contributed by atoms with Crippen molar-refractivity contribution in [3.8, 4) is 0 Å². The number of hydrogen-bond donors (Lipinski definition) is 1. The average Bonchev–Trinajstić information content (AvgIpc) is 2.25. The number of nitro benzene ring substituents is 1. The summed E-state index contributed by atoms with van der Waals surface area (Å²) in [6.07, 6.45) is 0.754. The Bertz CT molecular complexity index is 421. The summed E-state index contributed by atoms with van der Waals surface area (Å²) in [4.78, 5) is 21.8. The lowest BCUT2D eigenvalue weighted by molar-refractivity contribution is -0.385. The van der Waals surface area contributed by atoms with Gasteiger partial charge in [0.1, 0.15) is 5.56 Å². The lowest BCUT2D eigenvalue weighted by Crippen LogP contribution is -2.25. The summed E-state index contributed by atoms with van der Waals surface area (Å²) in [6.45, 7) is 2.35. The number of nitro groups is 1. The van der Waals surface area contributed by atoms with Crippen LogP contribution in [0.15, 0.2) is 18.2 Å². The van der Waals surface area contributed by atoms with Crippen molar-refractivity contribution in [1.82, 2.24) is 5.32 Å². The number of rotatable bonds is 4. The van der Waals surface area contributed by atoms with Crippen LogP contribution in [0.5, 0.6) is 0 Å².